The maximum absolute atomic E-state index is 12.2. The fourth-order valence-corrected chi connectivity index (χ4v) is 3.00. The number of rotatable bonds is 5. The van der Waals surface area contributed by atoms with Gasteiger partial charge in [-0.15, -0.1) is 0 Å². The summed E-state index contributed by atoms with van der Waals surface area (Å²) in [6, 6.07) is 21.2. The van der Waals surface area contributed by atoms with Crippen LogP contribution in [0.3, 0.4) is 0 Å². The molecule has 1 heterocycles. The molecule has 0 aliphatic heterocycles. The lowest BCUT2D eigenvalue weighted by atomic mass is 10.1. The third kappa shape index (κ3) is 4.05. The number of benzene rings is 2. The standard InChI is InChI=1S/C19H16N2OS/c1-14-12-17(15-8-4-2-5-9-15)21-19(20-14)23-13-18(22)16-10-6-3-7-11-16/h2-12H,13H2,1H3. The fourth-order valence-electron chi connectivity index (χ4n) is 2.20. The largest absolute Gasteiger partial charge is 0.293 e. The van der Waals surface area contributed by atoms with Crippen LogP contribution in [-0.4, -0.2) is 21.5 Å². The Balaban J connectivity index is 1.76. The molecule has 0 spiro atoms. The van der Waals surface area contributed by atoms with Gasteiger partial charge in [0.2, 0.25) is 0 Å². The minimum atomic E-state index is 0.0852. The third-order valence-corrected chi connectivity index (χ3v) is 4.18. The molecule has 0 aliphatic carbocycles. The summed E-state index contributed by atoms with van der Waals surface area (Å²) in [5.74, 6) is 0.420. The molecule has 0 saturated heterocycles. The van der Waals surface area contributed by atoms with E-state index in [2.05, 4.69) is 9.97 Å². The van der Waals surface area contributed by atoms with Crippen LogP contribution in [0.2, 0.25) is 0 Å². The normalized spacial score (nSPS) is 10.5. The van der Waals surface area contributed by atoms with Crippen molar-refractivity contribution in [1.29, 1.82) is 0 Å². The van der Waals surface area contributed by atoms with Gasteiger partial charge in [-0.05, 0) is 13.0 Å². The Morgan fingerprint density at radius 1 is 0.957 bits per heavy atom. The minimum absolute atomic E-state index is 0.0852. The Morgan fingerprint density at radius 2 is 1.61 bits per heavy atom. The maximum atomic E-state index is 12.2. The molecule has 4 heteroatoms. The van der Waals surface area contributed by atoms with Crippen LogP contribution >= 0.6 is 11.8 Å². The highest BCUT2D eigenvalue weighted by molar-refractivity contribution is 7.99. The van der Waals surface area contributed by atoms with Crippen LogP contribution in [0, 0.1) is 6.92 Å². The number of thioether (sulfide) groups is 1. The number of hydrogen-bond acceptors (Lipinski definition) is 4. The molecule has 1 aromatic heterocycles. The minimum Gasteiger partial charge on any atom is -0.293 e. The molecule has 0 fully saturated rings. The van der Waals surface area contributed by atoms with Gasteiger partial charge in [-0.3, -0.25) is 4.79 Å². The average Bonchev–Trinajstić information content (AvgIpc) is 2.61. The number of carbonyl (C=O) groups excluding carboxylic acids is 1. The monoisotopic (exact) mass is 320 g/mol. The fraction of sp³-hybridized carbons (Fsp3) is 0.105. The Kier molecular flexibility index (Phi) is 4.83. The maximum Gasteiger partial charge on any atom is 0.188 e. The first-order chi connectivity index (χ1) is 11.2. The van der Waals surface area contributed by atoms with Gasteiger partial charge in [-0.2, -0.15) is 0 Å². The molecule has 0 saturated carbocycles. The zero-order chi connectivity index (χ0) is 16.1. The summed E-state index contributed by atoms with van der Waals surface area (Å²) in [6.07, 6.45) is 0. The number of ketones is 1. The number of aromatic nitrogens is 2. The molecule has 3 aromatic rings. The van der Waals surface area contributed by atoms with Gasteiger partial charge in [-0.1, -0.05) is 72.4 Å². The van der Waals surface area contributed by atoms with Crippen LogP contribution in [0.1, 0.15) is 16.1 Å². The zero-order valence-corrected chi connectivity index (χ0v) is 13.6. The molecule has 23 heavy (non-hydrogen) atoms. The lowest BCUT2D eigenvalue weighted by Gasteiger charge is -2.06. The lowest BCUT2D eigenvalue weighted by Crippen LogP contribution is -2.03. The molecule has 2 aromatic carbocycles. The molecular formula is C19H16N2OS. The summed E-state index contributed by atoms with van der Waals surface area (Å²) in [4.78, 5) is 21.2. The lowest BCUT2D eigenvalue weighted by molar-refractivity contribution is 0.102. The third-order valence-electron chi connectivity index (χ3n) is 3.33. The number of nitrogens with zero attached hydrogens (tertiary/aromatic N) is 2. The van der Waals surface area contributed by atoms with Crippen molar-refractivity contribution in [3.63, 3.8) is 0 Å². The van der Waals surface area contributed by atoms with E-state index < -0.39 is 0 Å². The summed E-state index contributed by atoms with van der Waals surface area (Å²) < 4.78 is 0. The predicted octanol–water partition coefficient (Wildman–Crippen LogP) is 4.43. The summed E-state index contributed by atoms with van der Waals surface area (Å²) >= 11 is 1.37. The van der Waals surface area contributed by atoms with Gasteiger partial charge in [0.05, 0.1) is 11.4 Å². The Hall–Kier alpha value is -2.46. The van der Waals surface area contributed by atoms with Crippen LogP contribution in [0.4, 0.5) is 0 Å². The van der Waals surface area contributed by atoms with E-state index in [4.69, 9.17) is 0 Å². The van der Waals surface area contributed by atoms with Gasteiger partial charge in [0, 0.05) is 16.8 Å². The molecule has 0 unspecified atom stereocenters. The quantitative estimate of drug-likeness (QED) is 0.396. The van der Waals surface area contributed by atoms with Crippen LogP contribution < -0.4 is 0 Å². The Labute approximate surface area is 139 Å². The number of carbonyl (C=O) groups is 1. The van der Waals surface area contributed by atoms with Crippen molar-refractivity contribution in [2.45, 2.75) is 12.1 Å². The van der Waals surface area contributed by atoms with Crippen molar-refractivity contribution in [2.24, 2.45) is 0 Å². The predicted molar refractivity (Wildman–Crippen MR) is 93.7 cm³/mol. The molecule has 0 N–H and O–H groups in total. The van der Waals surface area contributed by atoms with Crippen molar-refractivity contribution in [3.05, 3.63) is 78.0 Å². The summed E-state index contributed by atoms with van der Waals surface area (Å²) in [5.41, 5.74) is 3.55. The first-order valence-electron chi connectivity index (χ1n) is 7.34. The van der Waals surface area contributed by atoms with Gasteiger partial charge in [-0.25, -0.2) is 9.97 Å². The molecule has 0 amide bonds. The molecule has 3 nitrogen and oxygen atoms in total. The molecule has 3 rings (SSSR count). The van der Waals surface area contributed by atoms with Gasteiger partial charge < -0.3 is 0 Å². The van der Waals surface area contributed by atoms with E-state index in [0.29, 0.717) is 10.9 Å². The van der Waals surface area contributed by atoms with Crippen LogP contribution in [0.15, 0.2) is 71.9 Å². The van der Waals surface area contributed by atoms with E-state index in [9.17, 15) is 4.79 Å². The summed E-state index contributed by atoms with van der Waals surface area (Å²) in [7, 11) is 0. The highest BCUT2D eigenvalue weighted by Crippen LogP contribution is 2.22. The first kappa shape index (κ1) is 15.4. The molecule has 0 bridgehead atoms. The average molecular weight is 320 g/mol. The van der Waals surface area contributed by atoms with Crippen LogP contribution in [-0.2, 0) is 0 Å². The van der Waals surface area contributed by atoms with E-state index in [0.717, 1.165) is 22.5 Å². The van der Waals surface area contributed by atoms with Gasteiger partial charge in [0.25, 0.3) is 0 Å². The van der Waals surface area contributed by atoms with Crippen molar-refractivity contribution in [3.8, 4) is 11.3 Å². The smallest absolute Gasteiger partial charge is 0.188 e. The Bertz CT molecular complexity index is 804. The second-order valence-corrected chi connectivity index (χ2v) is 6.06. The summed E-state index contributed by atoms with van der Waals surface area (Å²) in [6.45, 7) is 1.94. The molecular weight excluding hydrogens is 304 g/mol. The van der Waals surface area contributed by atoms with Crippen molar-refractivity contribution >= 4 is 17.5 Å². The highest BCUT2D eigenvalue weighted by atomic mass is 32.2. The van der Waals surface area contributed by atoms with Crippen LogP contribution in [0.25, 0.3) is 11.3 Å². The Morgan fingerprint density at radius 3 is 2.30 bits per heavy atom. The first-order valence-corrected chi connectivity index (χ1v) is 8.33. The van der Waals surface area contributed by atoms with Gasteiger partial charge >= 0.3 is 0 Å². The van der Waals surface area contributed by atoms with E-state index in [-0.39, 0.29) is 5.78 Å². The van der Waals surface area contributed by atoms with E-state index in [1.807, 2.05) is 73.7 Å². The van der Waals surface area contributed by atoms with Gasteiger partial charge in [0.15, 0.2) is 10.9 Å². The van der Waals surface area contributed by atoms with E-state index in [1.165, 1.54) is 11.8 Å². The molecule has 0 aliphatic rings. The number of aryl methyl sites for hydroxylation is 1. The number of Topliss-reactive ketones (excluding diaryl/α,β-unsaturated/α-hetero) is 1. The SMILES string of the molecule is Cc1cc(-c2ccccc2)nc(SCC(=O)c2ccccc2)n1. The van der Waals surface area contributed by atoms with E-state index in [1.54, 1.807) is 0 Å². The van der Waals surface area contributed by atoms with Crippen molar-refractivity contribution < 1.29 is 4.79 Å². The second kappa shape index (κ2) is 7.20. The highest BCUT2D eigenvalue weighted by Gasteiger charge is 2.09. The molecule has 114 valence electrons. The van der Waals surface area contributed by atoms with Crippen molar-refractivity contribution in [1.82, 2.24) is 9.97 Å². The summed E-state index contributed by atoms with van der Waals surface area (Å²) in [5, 5.41) is 0.633. The van der Waals surface area contributed by atoms with Crippen molar-refractivity contribution in [2.75, 3.05) is 5.75 Å². The molecule has 0 radical (unpaired) electrons. The topological polar surface area (TPSA) is 42.9 Å². The zero-order valence-electron chi connectivity index (χ0n) is 12.8. The second-order valence-electron chi connectivity index (χ2n) is 5.12. The van der Waals surface area contributed by atoms with E-state index >= 15 is 0 Å². The molecule has 0 atom stereocenters. The van der Waals surface area contributed by atoms with Gasteiger partial charge in [0.1, 0.15) is 0 Å². The van der Waals surface area contributed by atoms with Crippen LogP contribution in [0.5, 0.6) is 0 Å². The number of hydrogen-bond donors (Lipinski definition) is 0.